The van der Waals surface area contributed by atoms with Crippen molar-refractivity contribution in [1.29, 1.82) is 0 Å². The van der Waals surface area contributed by atoms with Gasteiger partial charge in [-0.05, 0) is 25.0 Å². The number of anilines is 1. The van der Waals surface area contributed by atoms with Crippen LogP contribution in [0, 0.1) is 0 Å². The molecule has 18 heavy (non-hydrogen) atoms. The standard InChI is InChI=1S/C12H14F3NO2/c13-12(14,15)18-11-3-1-2-10(8-11)16-9-4-6-17-7-5-9/h1-3,8-9,16H,4-7H2. The van der Waals surface area contributed by atoms with Gasteiger partial charge in [0.2, 0.25) is 0 Å². The summed E-state index contributed by atoms with van der Waals surface area (Å²) in [5.41, 5.74) is 0.628. The topological polar surface area (TPSA) is 30.5 Å². The highest BCUT2D eigenvalue weighted by Crippen LogP contribution is 2.26. The first-order chi connectivity index (χ1) is 8.53. The Hall–Kier alpha value is -1.43. The molecule has 1 heterocycles. The van der Waals surface area contributed by atoms with Gasteiger partial charge in [-0.25, -0.2) is 0 Å². The summed E-state index contributed by atoms with van der Waals surface area (Å²) in [5, 5.41) is 3.18. The van der Waals surface area contributed by atoms with Crippen LogP contribution in [0.15, 0.2) is 24.3 Å². The molecule has 3 nitrogen and oxygen atoms in total. The summed E-state index contributed by atoms with van der Waals surface area (Å²) in [6, 6.07) is 6.12. The zero-order chi connectivity index (χ0) is 13.0. The molecule has 0 aromatic heterocycles. The van der Waals surface area contributed by atoms with E-state index in [-0.39, 0.29) is 11.8 Å². The fraction of sp³-hybridized carbons (Fsp3) is 0.500. The molecule has 0 bridgehead atoms. The molecule has 0 aliphatic carbocycles. The Balaban J connectivity index is 1.98. The van der Waals surface area contributed by atoms with Gasteiger partial charge in [-0.1, -0.05) is 6.07 Å². The third-order valence-corrected chi connectivity index (χ3v) is 2.66. The third-order valence-electron chi connectivity index (χ3n) is 2.66. The van der Waals surface area contributed by atoms with Crippen LogP contribution in [0.25, 0.3) is 0 Å². The second kappa shape index (κ2) is 5.48. The molecule has 1 fully saturated rings. The van der Waals surface area contributed by atoms with E-state index in [4.69, 9.17) is 4.74 Å². The van der Waals surface area contributed by atoms with Gasteiger partial charge in [-0.3, -0.25) is 0 Å². The zero-order valence-electron chi connectivity index (χ0n) is 9.67. The van der Waals surface area contributed by atoms with E-state index < -0.39 is 6.36 Å². The van der Waals surface area contributed by atoms with E-state index in [0.717, 1.165) is 12.8 Å². The highest BCUT2D eigenvalue weighted by atomic mass is 19.4. The Morgan fingerprint density at radius 2 is 1.94 bits per heavy atom. The molecule has 1 aromatic carbocycles. The molecule has 2 rings (SSSR count). The van der Waals surface area contributed by atoms with Crippen molar-refractivity contribution < 1.29 is 22.6 Å². The fourth-order valence-electron chi connectivity index (χ4n) is 1.86. The third kappa shape index (κ3) is 4.10. The maximum atomic E-state index is 12.1. The largest absolute Gasteiger partial charge is 0.573 e. The van der Waals surface area contributed by atoms with E-state index in [1.54, 1.807) is 6.07 Å². The fourth-order valence-corrected chi connectivity index (χ4v) is 1.86. The quantitative estimate of drug-likeness (QED) is 0.906. The molecular formula is C12H14F3NO2. The second-order valence-corrected chi connectivity index (χ2v) is 4.11. The molecule has 0 amide bonds. The van der Waals surface area contributed by atoms with Crippen LogP contribution in [0.4, 0.5) is 18.9 Å². The van der Waals surface area contributed by atoms with Crippen LogP contribution in [0.5, 0.6) is 5.75 Å². The van der Waals surface area contributed by atoms with Gasteiger partial charge >= 0.3 is 6.36 Å². The van der Waals surface area contributed by atoms with Crippen molar-refractivity contribution in [3.8, 4) is 5.75 Å². The number of rotatable bonds is 3. The Kier molecular flexibility index (Phi) is 3.96. The second-order valence-electron chi connectivity index (χ2n) is 4.11. The summed E-state index contributed by atoms with van der Waals surface area (Å²) >= 11 is 0. The number of hydrogen-bond donors (Lipinski definition) is 1. The summed E-state index contributed by atoms with van der Waals surface area (Å²) in [6.45, 7) is 1.35. The molecule has 1 N–H and O–H groups in total. The van der Waals surface area contributed by atoms with Gasteiger partial charge in [0.1, 0.15) is 5.75 Å². The predicted molar refractivity (Wildman–Crippen MR) is 60.6 cm³/mol. The van der Waals surface area contributed by atoms with Crippen molar-refractivity contribution in [1.82, 2.24) is 0 Å². The van der Waals surface area contributed by atoms with Crippen LogP contribution in [0.2, 0.25) is 0 Å². The molecular weight excluding hydrogens is 247 g/mol. The molecule has 0 unspecified atom stereocenters. The summed E-state index contributed by atoms with van der Waals surface area (Å²) in [4.78, 5) is 0. The molecule has 1 aliphatic heterocycles. The lowest BCUT2D eigenvalue weighted by molar-refractivity contribution is -0.274. The molecule has 6 heteroatoms. The van der Waals surface area contributed by atoms with Crippen LogP contribution < -0.4 is 10.1 Å². The normalized spacial score (nSPS) is 17.5. The highest BCUT2D eigenvalue weighted by molar-refractivity contribution is 5.48. The highest BCUT2D eigenvalue weighted by Gasteiger charge is 2.31. The van der Waals surface area contributed by atoms with Gasteiger partial charge in [-0.15, -0.1) is 13.2 Å². The van der Waals surface area contributed by atoms with Gasteiger partial charge in [0.25, 0.3) is 0 Å². The monoisotopic (exact) mass is 261 g/mol. The van der Waals surface area contributed by atoms with Crippen molar-refractivity contribution in [3.05, 3.63) is 24.3 Å². The van der Waals surface area contributed by atoms with Crippen LogP contribution in [-0.2, 0) is 4.74 Å². The van der Waals surface area contributed by atoms with Gasteiger partial charge in [0.15, 0.2) is 0 Å². The lowest BCUT2D eigenvalue weighted by Gasteiger charge is -2.24. The van der Waals surface area contributed by atoms with Crippen molar-refractivity contribution in [2.45, 2.75) is 25.2 Å². The minimum absolute atomic E-state index is 0.209. The molecule has 0 saturated carbocycles. The van der Waals surface area contributed by atoms with Gasteiger partial charge in [0.05, 0.1) is 0 Å². The molecule has 1 saturated heterocycles. The van der Waals surface area contributed by atoms with E-state index >= 15 is 0 Å². The summed E-state index contributed by atoms with van der Waals surface area (Å²) in [6.07, 6.45) is -2.95. The van der Waals surface area contributed by atoms with E-state index in [1.807, 2.05) is 0 Å². The molecule has 1 aliphatic rings. The zero-order valence-corrected chi connectivity index (χ0v) is 9.67. The first kappa shape index (κ1) is 13.0. The van der Waals surface area contributed by atoms with Gasteiger partial charge in [-0.2, -0.15) is 0 Å². The SMILES string of the molecule is FC(F)(F)Oc1cccc(NC2CCOCC2)c1. The average molecular weight is 261 g/mol. The van der Waals surface area contributed by atoms with E-state index in [0.29, 0.717) is 18.9 Å². The smallest absolute Gasteiger partial charge is 0.406 e. The lowest BCUT2D eigenvalue weighted by atomic mass is 10.1. The number of alkyl halides is 3. The van der Waals surface area contributed by atoms with Crippen LogP contribution >= 0.6 is 0 Å². The Morgan fingerprint density at radius 3 is 2.61 bits per heavy atom. The van der Waals surface area contributed by atoms with Gasteiger partial charge in [0, 0.05) is 31.0 Å². The van der Waals surface area contributed by atoms with Crippen molar-refractivity contribution in [2.24, 2.45) is 0 Å². The summed E-state index contributed by atoms with van der Waals surface area (Å²) < 4.78 is 45.3. The minimum atomic E-state index is -4.66. The van der Waals surface area contributed by atoms with Crippen molar-refractivity contribution in [2.75, 3.05) is 18.5 Å². The number of hydrogen-bond acceptors (Lipinski definition) is 3. The number of nitrogens with one attached hydrogen (secondary N) is 1. The van der Waals surface area contributed by atoms with Crippen molar-refractivity contribution >= 4 is 5.69 Å². The first-order valence-corrected chi connectivity index (χ1v) is 5.73. The lowest BCUT2D eigenvalue weighted by Crippen LogP contribution is -2.27. The summed E-state index contributed by atoms with van der Waals surface area (Å²) in [7, 11) is 0. The molecule has 0 radical (unpaired) electrons. The number of ether oxygens (including phenoxy) is 2. The van der Waals surface area contributed by atoms with E-state index in [1.165, 1.54) is 18.2 Å². The molecule has 0 spiro atoms. The molecule has 0 atom stereocenters. The first-order valence-electron chi connectivity index (χ1n) is 5.73. The molecule has 1 aromatic rings. The number of benzene rings is 1. The van der Waals surface area contributed by atoms with E-state index in [2.05, 4.69) is 10.1 Å². The maximum absolute atomic E-state index is 12.1. The Bertz CT molecular complexity index is 389. The van der Waals surface area contributed by atoms with Crippen molar-refractivity contribution in [3.63, 3.8) is 0 Å². The average Bonchev–Trinajstić information content (AvgIpc) is 2.28. The summed E-state index contributed by atoms with van der Waals surface area (Å²) in [5.74, 6) is -0.209. The van der Waals surface area contributed by atoms with E-state index in [9.17, 15) is 13.2 Å². The minimum Gasteiger partial charge on any atom is -0.406 e. The van der Waals surface area contributed by atoms with Crippen LogP contribution in [-0.4, -0.2) is 25.6 Å². The maximum Gasteiger partial charge on any atom is 0.573 e. The van der Waals surface area contributed by atoms with Gasteiger partial charge < -0.3 is 14.8 Å². The molecule has 100 valence electrons. The predicted octanol–water partition coefficient (Wildman–Crippen LogP) is 3.18. The van der Waals surface area contributed by atoms with Crippen LogP contribution in [0.3, 0.4) is 0 Å². The Morgan fingerprint density at radius 1 is 1.22 bits per heavy atom. The number of halogens is 3. The van der Waals surface area contributed by atoms with Crippen LogP contribution in [0.1, 0.15) is 12.8 Å². The Labute approximate surface area is 103 Å².